The number of ether oxygens (including phenoxy) is 1. The number of carbonyl (C=O) groups excluding carboxylic acids is 1. The van der Waals surface area contributed by atoms with E-state index < -0.39 is 15.9 Å². The summed E-state index contributed by atoms with van der Waals surface area (Å²) in [7, 11) is -1.96. The molecular formula is C21H22FN3O4S2. The van der Waals surface area contributed by atoms with E-state index in [4.69, 9.17) is 4.74 Å². The number of fused-ring (bicyclic) bond motifs is 1. The van der Waals surface area contributed by atoms with E-state index in [1.165, 1.54) is 52.0 Å². The number of hydrogen-bond acceptors (Lipinski definition) is 5. The normalized spacial score (nSPS) is 15.7. The highest BCUT2D eigenvalue weighted by Gasteiger charge is 2.27. The van der Waals surface area contributed by atoms with Gasteiger partial charge in [0, 0.05) is 32.3 Å². The van der Waals surface area contributed by atoms with E-state index >= 15 is 0 Å². The van der Waals surface area contributed by atoms with Gasteiger partial charge in [-0.15, -0.1) is 0 Å². The van der Waals surface area contributed by atoms with E-state index in [1.54, 1.807) is 13.2 Å². The molecule has 1 amide bonds. The second-order valence-electron chi connectivity index (χ2n) is 7.19. The van der Waals surface area contributed by atoms with Gasteiger partial charge in [0.05, 0.1) is 21.7 Å². The van der Waals surface area contributed by atoms with Crippen LogP contribution in [0.25, 0.3) is 10.2 Å². The fourth-order valence-electron chi connectivity index (χ4n) is 3.53. The SMILES string of the molecule is COCCn1c(=NC(=O)c2ccc(S(=O)(=O)N3CCCC3)cc2)sc2cc(F)ccc21. The second-order valence-corrected chi connectivity index (χ2v) is 10.1. The smallest absolute Gasteiger partial charge is 0.279 e. The minimum absolute atomic E-state index is 0.165. The number of sulfonamides is 1. The number of methoxy groups -OCH3 is 1. The standard InChI is InChI=1S/C21H22FN3O4S2/c1-29-13-12-25-18-9-6-16(22)14-19(18)30-21(25)23-20(26)15-4-7-17(8-5-15)31(27,28)24-10-2-3-11-24/h4-9,14H,2-3,10-13H2,1H3. The molecule has 0 saturated carbocycles. The summed E-state index contributed by atoms with van der Waals surface area (Å²) < 4.78 is 48.0. The van der Waals surface area contributed by atoms with Crippen molar-refractivity contribution in [1.29, 1.82) is 0 Å². The van der Waals surface area contributed by atoms with Crippen LogP contribution in [0.4, 0.5) is 4.39 Å². The lowest BCUT2D eigenvalue weighted by molar-refractivity contribution is 0.0997. The lowest BCUT2D eigenvalue weighted by atomic mass is 10.2. The zero-order valence-corrected chi connectivity index (χ0v) is 18.6. The number of carbonyl (C=O) groups is 1. The zero-order chi connectivity index (χ0) is 22.0. The summed E-state index contributed by atoms with van der Waals surface area (Å²) in [4.78, 5) is 17.6. The topological polar surface area (TPSA) is 81.0 Å². The minimum Gasteiger partial charge on any atom is -0.383 e. The van der Waals surface area contributed by atoms with Crippen molar-refractivity contribution in [1.82, 2.24) is 8.87 Å². The monoisotopic (exact) mass is 463 g/mol. The van der Waals surface area contributed by atoms with Crippen molar-refractivity contribution in [3.63, 3.8) is 0 Å². The number of rotatable bonds is 6. The summed E-state index contributed by atoms with van der Waals surface area (Å²) in [5, 5.41) is 0. The predicted octanol–water partition coefficient (Wildman–Crippen LogP) is 3.01. The third-order valence-corrected chi connectivity index (χ3v) is 8.12. The molecule has 0 bridgehead atoms. The number of benzene rings is 2. The first-order valence-electron chi connectivity index (χ1n) is 9.87. The van der Waals surface area contributed by atoms with E-state index in [2.05, 4.69) is 4.99 Å². The number of aromatic nitrogens is 1. The quantitative estimate of drug-likeness (QED) is 0.563. The van der Waals surface area contributed by atoms with Gasteiger partial charge in [0.2, 0.25) is 10.0 Å². The van der Waals surface area contributed by atoms with E-state index in [-0.39, 0.29) is 16.3 Å². The first kappa shape index (κ1) is 21.8. The molecule has 0 radical (unpaired) electrons. The maximum absolute atomic E-state index is 13.6. The minimum atomic E-state index is -3.54. The van der Waals surface area contributed by atoms with Gasteiger partial charge < -0.3 is 9.30 Å². The third-order valence-electron chi connectivity index (χ3n) is 5.17. The Balaban J connectivity index is 1.66. The Morgan fingerprint density at radius 1 is 1.16 bits per heavy atom. The summed E-state index contributed by atoms with van der Waals surface area (Å²) in [5.41, 5.74) is 1.05. The summed E-state index contributed by atoms with van der Waals surface area (Å²) in [6.07, 6.45) is 1.72. The van der Waals surface area contributed by atoms with Gasteiger partial charge in [-0.2, -0.15) is 9.30 Å². The van der Waals surface area contributed by atoms with Crippen molar-refractivity contribution in [3.8, 4) is 0 Å². The Morgan fingerprint density at radius 3 is 2.55 bits per heavy atom. The molecule has 0 spiro atoms. The van der Waals surface area contributed by atoms with Gasteiger partial charge in [-0.05, 0) is 55.3 Å². The molecule has 4 rings (SSSR count). The molecule has 2 aromatic carbocycles. The van der Waals surface area contributed by atoms with Crippen LogP contribution in [0, 0.1) is 5.82 Å². The van der Waals surface area contributed by atoms with Gasteiger partial charge in [0.15, 0.2) is 4.80 Å². The fourth-order valence-corrected chi connectivity index (χ4v) is 6.13. The largest absolute Gasteiger partial charge is 0.383 e. The molecule has 0 N–H and O–H groups in total. The Labute approximate surface area is 183 Å². The molecule has 1 aliphatic heterocycles. The summed E-state index contributed by atoms with van der Waals surface area (Å²) in [6.45, 7) is 1.91. The fraction of sp³-hybridized carbons (Fsp3) is 0.333. The molecule has 31 heavy (non-hydrogen) atoms. The first-order valence-corrected chi connectivity index (χ1v) is 12.1. The number of amides is 1. The molecule has 164 valence electrons. The van der Waals surface area contributed by atoms with Crippen LogP contribution < -0.4 is 4.80 Å². The van der Waals surface area contributed by atoms with E-state index in [9.17, 15) is 17.6 Å². The van der Waals surface area contributed by atoms with E-state index in [1.807, 2.05) is 4.57 Å². The molecule has 2 heterocycles. The third kappa shape index (κ3) is 4.47. The van der Waals surface area contributed by atoms with Crippen molar-refractivity contribution >= 4 is 37.5 Å². The lowest BCUT2D eigenvalue weighted by Gasteiger charge is -2.15. The van der Waals surface area contributed by atoms with Crippen LogP contribution >= 0.6 is 11.3 Å². The molecule has 1 saturated heterocycles. The Kier molecular flexibility index (Phi) is 6.33. The van der Waals surface area contributed by atoms with Crippen molar-refractivity contribution in [3.05, 3.63) is 58.6 Å². The van der Waals surface area contributed by atoms with Crippen LogP contribution in [0.3, 0.4) is 0 Å². The molecule has 1 fully saturated rings. The highest BCUT2D eigenvalue weighted by Crippen LogP contribution is 2.22. The maximum atomic E-state index is 13.6. The van der Waals surface area contributed by atoms with Gasteiger partial charge in [0.25, 0.3) is 5.91 Å². The van der Waals surface area contributed by atoms with Gasteiger partial charge in [0.1, 0.15) is 5.82 Å². The van der Waals surface area contributed by atoms with Gasteiger partial charge in [-0.25, -0.2) is 12.8 Å². The molecule has 0 atom stereocenters. The molecular weight excluding hydrogens is 441 g/mol. The van der Waals surface area contributed by atoms with Crippen LogP contribution in [-0.2, 0) is 21.3 Å². The molecule has 0 unspecified atom stereocenters. The second kappa shape index (κ2) is 8.99. The summed E-state index contributed by atoms with van der Waals surface area (Å²) >= 11 is 1.21. The molecule has 1 aliphatic rings. The van der Waals surface area contributed by atoms with Crippen molar-refractivity contribution < 1.29 is 22.3 Å². The van der Waals surface area contributed by atoms with Crippen molar-refractivity contribution in [2.75, 3.05) is 26.8 Å². The zero-order valence-electron chi connectivity index (χ0n) is 17.0. The highest BCUT2D eigenvalue weighted by atomic mass is 32.2. The molecule has 10 heteroatoms. The number of thiazole rings is 1. The maximum Gasteiger partial charge on any atom is 0.279 e. The Bertz CT molecular complexity index is 1270. The van der Waals surface area contributed by atoms with Gasteiger partial charge in [-0.3, -0.25) is 4.79 Å². The molecule has 1 aromatic heterocycles. The van der Waals surface area contributed by atoms with E-state index in [0.29, 0.717) is 35.7 Å². The average Bonchev–Trinajstić information content (AvgIpc) is 3.41. The molecule has 0 aliphatic carbocycles. The lowest BCUT2D eigenvalue weighted by Crippen LogP contribution is -2.27. The van der Waals surface area contributed by atoms with Crippen LogP contribution in [0.15, 0.2) is 52.4 Å². The predicted molar refractivity (Wildman–Crippen MR) is 116 cm³/mol. The Morgan fingerprint density at radius 2 is 1.87 bits per heavy atom. The highest BCUT2D eigenvalue weighted by molar-refractivity contribution is 7.89. The van der Waals surface area contributed by atoms with Crippen LogP contribution in [-0.4, -0.2) is 50.0 Å². The van der Waals surface area contributed by atoms with E-state index in [0.717, 1.165) is 18.4 Å². The number of hydrogen-bond donors (Lipinski definition) is 0. The van der Waals surface area contributed by atoms with Crippen LogP contribution in [0.2, 0.25) is 0 Å². The number of nitrogens with zero attached hydrogens (tertiary/aromatic N) is 3. The number of halogens is 1. The van der Waals surface area contributed by atoms with Gasteiger partial charge >= 0.3 is 0 Å². The van der Waals surface area contributed by atoms with Gasteiger partial charge in [-0.1, -0.05) is 11.3 Å². The van der Waals surface area contributed by atoms with Crippen LogP contribution in [0.1, 0.15) is 23.2 Å². The van der Waals surface area contributed by atoms with Crippen LogP contribution in [0.5, 0.6) is 0 Å². The molecule has 3 aromatic rings. The average molecular weight is 464 g/mol. The Hall–Kier alpha value is -2.40. The molecule has 7 nitrogen and oxygen atoms in total. The van der Waals surface area contributed by atoms with Crippen molar-refractivity contribution in [2.45, 2.75) is 24.3 Å². The summed E-state index contributed by atoms with van der Waals surface area (Å²) in [5.74, 6) is -0.858. The van der Waals surface area contributed by atoms with Crippen molar-refractivity contribution in [2.24, 2.45) is 4.99 Å². The first-order chi connectivity index (χ1) is 14.9. The summed E-state index contributed by atoms with van der Waals surface area (Å²) in [6, 6.07) is 10.3.